The lowest BCUT2D eigenvalue weighted by Crippen LogP contribution is -1.97. The normalized spacial score (nSPS) is 11.0. The summed E-state index contributed by atoms with van der Waals surface area (Å²) in [7, 11) is 2.13. The first-order valence-corrected chi connectivity index (χ1v) is 8.34. The Morgan fingerprint density at radius 2 is 1.71 bits per heavy atom. The zero-order chi connectivity index (χ0) is 14.9. The van der Waals surface area contributed by atoms with Gasteiger partial charge in [0, 0.05) is 19.7 Å². The van der Waals surface area contributed by atoms with Crippen molar-refractivity contribution < 1.29 is 0 Å². The molecule has 0 radical (unpaired) electrons. The predicted molar refractivity (Wildman–Crippen MR) is 89.5 cm³/mol. The van der Waals surface area contributed by atoms with E-state index in [1.807, 2.05) is 0 Å². The molecular formula is C19H28N2. The molecule has 0 aliphatic heterocycles. The Hall–Kier alpha value is -1.57. The Labute approximate surface area is 129 Å². The summed E-state index contributed by atoms with van der Waals surface area (Å²) in [5.74, 6) is 1.25. The highest BCUT2D eigenvalue weighted by molar-refractivity contribution is 5.15. The van der Waals surface area contributed by atoms with Crippen LogP contribution in [-0.4, -0.2) is 9.55 Å². The van der Waals surface area contributed by atoms with Gasteiger partial charge < -0.3 is 4.57 Å². The third kappa shape index (κ3) is 5.37. The standard InChI is InChI=1S/C19H28N2/c1-3-4-5-9-15-19-20-18(16-21(19)2)14-10-13-17-11-7-6-8-12-17/h6-8,11-12,16H,3-5,9-10,13-15H2,1-2H3. The van der Waals surface area contributed by atoms with Crippen molar-refractivity contribution in [2.75, 3.05) is 0 Å². The number of aromatic nitrogens is 2. The second-order valence-corrected chi connectivity index (χ2v) is 5.91. The number of benzene rings is 1. The smallest absolute Gasteiger partial charge is 0.108 e. The first kappa shape index (κ1) is 15.8. The van der Waals surface area contributed by atoms with Crippen LogP contribution in [0.2, 0.25) is 0 Å². The van der Waals surface area contributed by atoms with Crippen molar-refractivity contribution >= 4 is 0 Å². The van der Waals surface area contributed by atoms with Crippen molar-refractivity contribution in [3.8, 4) is 0 Å². The van der Waals surface area contributed by atoms with Crippen molar-refractivity contribution in [2.45, 2.75) is 58.3 Å². The summed E-state index contributed by atoms with van der Waals surface area (Å²) >= 11 is 0. The molecular weight excluding hydrogens is 256 g/mol. The molecule has 2 heteroatoms. The Balaban J connectivity index is 1.76. The molecule has 1 aromatic carbocycles. The zero-order valence-electron chi connectivity index (χ0n) is 13.5. The van der Waals surface area contributed by atoms with Gasteiger partial charge in [-0.15, -0.1) is 0 Å². The molecule has 2 rings (SSSR count). The molecule has 0 spiro atoms. The topological polar surface area (TPSA) is 17.8 Å². The molecule has 1 heterocycles. The molecule has 21 heavy (non-hydrogen) atoms. The van der Waals surface area contributed by atoms with E-state index >= 15 is 0 Å². The lowest BCUT2D eigenvalue weighted by Gasteiger charge is -2.00. The van der Waals surface area contributed by atoms with Crippen molar-refractivity contribution in [3.05, 3.63) is 53.6 Å². The molecule has 114 valence electrons. The number of rotatable bonds is 9. The highest BCUT2D eigenvalue weighted by Crippen LogP contribution is 2.11. The lowest BCUT2D eigenvalue weighted by molar-refractivity contribution is 0.638. The fourth-order valence-corrected chi connectivity index (χ4v) is 2.75. The quantitative estimate of drug-likeness (QED) is 0.609. The van der Waals surface area contributed by atoms with Gasteiger partial charge in [0.15, 0.2) is 0 Å². The molecule has 0 aliphatic rings. The Bertz CT molecular complexity index is 514. The number of hydrogen-bond donors (Lipinski definition) is 0. The van der Waals surface area contributed by atoms with Gasteiger partial charge in [0.1, 0.15) is 5.82 Å². The van der Waals surface area contributed by atoms with Gasteiger partial charge in [-0.1, -0.05) is 56.5 Å². The van der Waals surface area contributed by atoms with Crippen molar-refractivity contribution in [1.29, 1.82) is 0 Å². The van der Waals surface area contributed by atoms with Crippen LogP contribution in [0.15, 0.2) is 36.5 Å². The van der Waals surface area contributed by atoms with Crippen LogP contribution in [-0.2, 0) is 26.3 Å². The summed E-state index contributed by atoms with van der Waals surface area (Å²) in [4.78, 5) is 4.80. The molecule has 2 nitrogen and oxygen atoms in total. The molecule has 0 aliphatic carbocycles. The summed E-state index contributed by atoms with van der Waals surface area (Å²) < 4.78 is 2.21. The van der Waals surface area contributed by atoms with E-state index in [4.69, 9.17) is 4.98 Å². The maximum atomic E-state index is 4.80. The number of hydrogen-bond acceptors (Lipinski definition) is 1. The fourth-order valence-electron chi connectivity index (χ4n) is 2.75. The SMILES string of the molecule is CCCCCCc1nc(CCCc2ccccc2)cn1C. The van der Waals surface area contributed by atoms with E-state index in [0.717, 1.165) is 19.3 Å². The minimum Gasteiger partial charge on any atom is -0.338 e. The maximum Gasteiger partial charge on any atom is 0.108 e. The Kier molecular flexibility index (Phi) is 6.52. The highest BCUT2D eigenvalue weighted by Gasteiger charge is 2.05. The molecule has 0 saturated heterocycles. The molecule has 0 bridgehead atoms. The molecule has 0 amide bonds. The van der Waals surface area contributed by atoms with E-state index in [2.05, 4.69) is 55.1 Å². The van der Waals surface area contributed by atoms with Crippen LogP contribution in [0.25, 0.3) is 0 Å². The van der Waals surface area contributed by atoms with Gasteiger partial charge in [-0.25, -0.2) is 4.98 Å². The monoisotopic (exact) mass is 284 g/mol. The summed E-state index contributed by atoms with van der Waals surface area (Å²) in [6.07, 6.45) is 12.0. The summed E-state index contributed by atoms with van der Waals surface area (Å²) in [5, 5.41) is 0. The Morgan fingerprint density at radius 3 is 2.48 bits per heavy atom. The van der Waals surface area contributed by atoms with Gasteiger partial charge in [-0.2, -0.15) is 0 Å². The van der Waals surface area contributed by atoms with E-state index in [0.29, 0.717) is 0 Å². The van der Waals surface area contributed by atoms with Gasteiger partial charge >= 0.3 is 0 Å². The van der Waals surface area contributed by atoms with Crippen LogP contribution < -0.4 is 0 Å². The van der Waals surface area contributed by atoms with Gasteiger partial charge in [-0.05, 0) is 31.2 Å². The molecule has 0 atom stereocenters. The fraction of sp³-hybridized carbons (Fsp3) is 0.526. The number of nitrogens with zero attached hydrogens (tertiary/aromatic N) is 2. The van der Waals surface area contributed by atoms with E-state index in [1.165, 1.54) is 49.2 Å². The third-order valence-corrected chi connectivity index (χ3v) is 4.02. The number of aryl methyl sites for hydroxylation is 4. The average Bonchev–Trinajstić information content (AvgIpc) is 2.85. The average molecular weight is 284 g/mol. The first-order chi connectivity index (χ1) is 10.3. The summed E-state index contributed by atoms with van der Waals surface area (Å²) in [6, 6.07) is 10.7. The highest BCUT2D eigenvalue weighted by atomic mass is 15.0. The van der Waals surface area contributed by atoms with Crippen LogP contribution in [0.3, 0.4) is 0 Å². The van der Waals surface area contributed by atoms with Crippen LogP contribution in [0.1, 0.15) is 56.1 Å². The minimum atomic E-state index is 1.08. The van der Waals surface area contributed by atoms with E-state index in [-0.39, 0.29) is 0 Å². The Morgan fingerprint density at radius 1 is 0.905 bits per heavy atom. The summed E-state index contributed by atoms with van der Waals surface area (Å²) in [6.45, 7) is 2.26. The zero-order valence-corrected chi connectivity index (χ0v) is 13.5. The molecule has 1 aromatic heterocycles. The van der Waals surface area contributed by atoms with Crippen LogP contribution >= 0.6 is 0 Å². The maximum absolute atomic E-state index is 4.80. The van der Waals surface area contributed by atoms with Gasteiger partial charge in [0.2, 0.25) is 0 Å². The second kappa shape index (κ2) is 8.66. The summed E-state index contributed by atoms with van der Waals surface area (Å²) in [5.41, 5.74) is 2.67. The predicted octanol–water partition coefficient (Wildman–Crippen LogP) is 4.72. The van der Waals surface area contributed by atoms with Gasteiger partial charge in [0.25, 0.3) is 0 Å². The van der Waals surface area contributed by atoms with Crippen LogP contribution in [0, 0.1) is 0 Å². The molecule has 0 saturated carbocycles. The number of unbranched alkanes of at least 4 members (excludes halogenated alkanes) is 3. The van der Waals surface area contributed by atoms with E-state index in [9.17, 15) is 0 Å². The van der Waals surface area contributed by atoms with Crippen molar-refractivity contribution in [2.24, 2.45) is 7.05 Å². The number of imidazole rings is 1. The third-order valence-electron chi connectivity index (χ3n) is 4.02. The first-order valence-electron chi connectivity index (χ1n) is 8.34. The van der Waals surface area contributed by atoms with Crippen molar-refractivity contribution in [3.63, 3.8) is 0 Å². The van der Waals surface area contributed by atoms with Gasteiger partial charge in [-0.3, -0.25) is 0 Å². The van der Waals surface area contributed by atoms with Gasteiger partial charge in [0.05, 0.1) is 5.69 Å². The second-order valence-electron chi connectivity index (χ2n) is 5.91. The van der Waals surface area contributed by atoms with Crippen LogP contribution in [0.5, 0.6) is 0 Å². The van der Waals surface area contributed by atoms with E-state index < -0.39 is 0 Å². The largest absolute Gasteiger partial charge is 0.338 e. The molecule has 0 N–H and O–H groups in total. The molecule has 0 unspecified atom stereocenters. The molecule has 2 aromatic rings. The van der Waals surface area contributed by atoms with E-state index in [1.54, 1.807) is 0 Å². The van der Waals surface area contributed by atoms with Crippen molar-refractivity contribution in [1.82, 2.24) is 9.55 Å². The lowest BCUT2D eigenvalue weighted by atomic mass is 10.1. The molecule has 0 fully saturated rings. The minimum absolute atomic E-state index is 1.08. The van der Waals surface area contributed by atoms with Crippen LogP contribution in [0.4, 0.5) is 0 Å².